The fourth-order valence-corrected chi connectivity index (χ4v) is 5.03. The van der Waals surface area contributed by atoms with Crippen molar-refractivity contribution < 1.29 is 27.6 Å². The summed E-state index contributed by atoms with van der Waals surface area (Å²) in [4.78, 5) is 23.1. The monoisotopic (exact) mass is 560 g/mol. The second kappa shape index (κ2) is 10.1. The largest absolute Gasteiger partial charge is 0.454 e. The van der Waals surface area contributed by atoms with Crippen LogP contribution in [0.15, 0.2) is 81.2 Å². The van der Waals surface area contributed by atoms with Crippen LogP contribution in [-0.4, -0.2) is 38.8 Å². The number of rotatable bonds is 8. The Balaban J connectivity index is 1.57. The van der Waals surface area contributed by atoms with Gasteiger partial charge in [-0.3, -0.25) is 19.2 Å². The summed E-state index contributed by atoms with van der Waals surface area (Å²) < 4.78 is 38.6. The van der Waals surface area contributed by atoms with E-state index in [1.54, 1.807) is 18.2 Å². The van der Waals surface area contributed by atoms with Gasteiger partial charge in [-0.05, 0) is 46.3 Å². The Hall–Kier alpha value is -3.97. The van der Waals surface area contributed by atoms with Crippen molar-refractivity contribution in [1.29, 1.82) is 0 Å². The molecule has 180 valence electrons. The number of hydrogen-bond donors (Lipinski definition) is 1. The molecule has 4 rings (SSSR count). The molecule has 1 heterocycles. The van der Waals surface area contributed by atoms with Gasteiger partial charge in [-0.1, -0.05) is 24.3 Å². The van der Waals surface area contributed by atoms with Crippen LogP contribution in [0.2, 0.25) is 0 Å². The van der Waals surface area contributed by atoms with Gasteiger partial charge in [-0.2, -0.15) is 5.10 Å². The van der Waals surface area contributed by atoms with Crippen molar-refractivity contribution in [2.45, 2.75) is 4.90 Å². The first-order valence-corrected chi connectivity index (χ1v) is 12.2. The number of nitro benzene ring substituents is 1. The molecule has 0 atom stereocenters. The number of carbonyl (C=O) groups is 1. The zero-order chi connectivity index (χ0) is 25.0. The number of nitro groups is 1. The van der Waals surface area contributed by atoms with Crippen molar-refractivity contribution in [2.75, 3.05) is 17.6 Å². The first-order chi connectivity index (χ1) is 16.8. The molecule has 0 fully saturated rings. The number of benzene rings is 3. The Labute approximate surface area is 208 Å². The topological polar surface area (TPSA) is 140 Å². The van der Waals surface area contributed by atoms with E-state index in [-0.39, 0.29) is 23.1 Å². The van der Waals surface area contributed by atoms with Crippen LogP contribution in [0.4, 0.5) is 11.4 Å². The Kier molecular flexibility index (Phi) is 6.98. The zero-order valence-corrected chi connectivity index (χ0v) is 20.2. The fraction of sp³-hybridized carbons (Fsp3) is 0.0909. The Morgan fingerprint density at radius 1 is 1.11 bits per heavy atom. The number of halogens is 1. The number of anilines is 1. The maximum absolute atomic E-state index is 13.3. The molecule has 13 heteroatoms. The van der Waals surface area contributed by atoms with Gasteiger partial charge in [0.1, 0.15) is 6.54 Å². The maximum atomic E-state index is 13.3. The lowest BCUT2D eigenvalue weighted by molar-refractivity contribution is -0.384. The quantitative estimate of drug-likeness (QED) is 0.252. The van der Waals surface area contributed by atoms with Crippen LogP contribution in [0.25, 0.3) is 0 Å². The van der Waals surface area contributed by atoms with E-state index in [2.05, 4.69) is 26.5 Å². The number of hydrogen-bond acceptors (Lipinski definition) is 8. The summed E-state index contributed by atoms with van der Waals surface area (Å²) in [5.74, 6) is 0.327. The van der Waals surface area contributed by atoms with Gasteiger partial charge < -0.3 is 9.47 Å². The molecule has 0 bridgehead atoms. The van der Waals surface area contributed by atoms with Crippen LogP contribution in [0, 0.1) is 10.1 Å². The van der Waals surface area contributed by atoms with Crippen LogP contribution in [0.5, 0.6) is 11.5 Å². The van der Waals surface area contributed by atoms with Gasteiger partial charge in [-0.15, -0.1) is 0 Å². The van der Waals surface area contributed by atoms with E-state index in [9.17, 15) is 23.3 Å². The third-order valence-corrected chi connectivity index (χ3v) is 7.31. The molecule has 3 aromatic carbocycles. The highest BCUT2D eigenvalue weighted by atomic mass is 79.9. The number of ether oxygens (including phenoxy) is 2. The number of hydrazone groups is 1. The minimum Gasteiger partial charge on any atom is -0.454 e. The molecule has 1 aliphatic rings. The number of amides is 1. The van der Waals surface area contributed by atoms with Gasteiger partial charge in [0.15, 0.2) is 11.5 Å². The lowest BCUT2D eigenvalue weighted by Gasteiger charge is -2.23. The molecule has 0 spiro atoms. The summed E-state index contributed by atoms with van der Waals surface area (Å²) in [6, 6.07) is 15.8. The van der Waals surface area contributed by atoms with Gasteiger partial charge >= 0.3 is 0 Å². The average molecular weight is 561 g/mol. The maximum Gasteiger partial charge on any atom is 0.271 e. The van der Waals surface area contributed by atoms with Crippen molar-refractivity contribution >= 4 is 49.4 Å². The van der Waals surface area contributed by atoms with Crippen molar-refractivity contribution in [3.63, 3.8) is 0 Å². The molecule has 3 aromatic rings. The molecule has 0 aromatic heterocycles. The number of carbonyl (C=O) groups excluding carboxylic acids is 1. The third-order valence-electron chi connectivity index (χ3n) is 4.83. The van der Waals surface area contributed by atoms with Crippen LogP contribution >= 0.6 is 15.9 Å². The first kappa shape index (κ1) is 24.2. The lowest BCUT2D eigenvalue weighted by atomic mass is 10.2. The summed E-state index contributed by atoms with van der Waals surface area (Å²) in [7, 11) is -4.22. The van der Waals surface area contributed by atoms with Gasteiger partial charge in [0.05, 0.1) is 21.7 Å². The minimum atomic E-state index is -4.22. The van der Waals surface area contributed by atoms with E-state index < -0.39 is 27.4 Å². The lowest BCUT2D eigenvalue weighted by Crippen LogP contribution is -2.39. The zero-order valence-electron chi connectivity index (χ0n) is 17.8. The summed E-state index contributed by atoms with van der Waals surface area (Å²) >= 11 is 3.38. The second-order valence-corrected chi connectivity index (χ2v) is 9.84. The standard InChI is InChI=1S/C22H17BrN4O7S/c23-19-11-21-20(33-14-34-21)9-15(19)12-24-25-22(28)13-26(16-5-4-6-17(10-16)27(29)30)35(31,32)18-7-2-1-3-8-18/h1-12H,13-14H2,(H,25,28)/b24-12+. The van der Waals surface area contributed by atoms with Gasteiger partial charge in [0.2, 0.25) is 6.79 Å². The molecule has 1 N–H and O–H groups in total. The highest BCUT2D eigenvalue weighted by molar-refractivity contribution is 9.10. The average Bonchev–Trinajstić information content (AvgIpc) is 3.30. The molecule has 11 nitrogen and oxygen atoms in total. The molecule has 0 saturated heterocycles. The van der Waals surface area contributed by atoms with Crippen LogP contribution in [-0.2, 0) is 14.8 Å². The third kappa shape index (κ3) is 5.41. The smallest absolute Gasteiger partial charge is 0.271 e. The van der Waals surface area contributed by atoms with Gasteiger partial charge in [0, 0.05) is 22.2 Å². The highest BCUT2D eigenvalue weighted by Crippen LogP contribution is 2.36. The van der Waals surface area contributed by atoms with Crippen LogP contribution < -0.4 is 19.2 Å². The summed E-state index contributed by atoms with van der Waals surface area (Å²) in [5.41, 5.74) is 2.51. The molecule has 0 unspecified atom stereocenters. The molecule has 1 aliphatic heterocycles. The number of sulfonamides is 1. The van der Waals surface area contributed by atoms with E-state index in [4.69, 9.17) is 9.47 Å². The molecule has 1 amide bonds. The summed E-state index contributed by atoms with van der Waals surface area (Å²) in [6.07, 6.45) is 1.35. The Morgan fingerprint density at radius 3 is 2.54 bits per heavy atom. The Morgan fingerprint density at radius 2 is 1.83 bits per heavy atom. The second-order valence-electron chi connectivity index (χ2n) is 7.12. The number of non-ortho nitro benzene ring substituents is 1. The predicted molar refractivity (Wildman–Crippen MR) is 130 cm³/mol. The minimum absolute atomic E-state index is 0.0410. The summed E-state index contributed by atoms with van der Waals surface area (Å²) in [6.45, 7) is -0.569. The van der Waals surface area contributed by atoms with Crippen molar-refractivity contribution in [1.82, 2.24) is 5.43 Å². The van der Waals surface area contributed by atoms with Crippen LogP contribution in [0.3, 0.4) is 0 Å². The van der Waals surface area contributed by atoms with E-state index >= 15 is 0 Å². The van der Waals surface area contributed by atoms with Crippen molar-refractivity contribution in [2.24, 2.45) is 5.10 Å². The molecule has 0 aliphatic carbocycles. The normalized spacial score (nSPS) is 12.5. The van der Waals surface area contributed by atoms with Gasteiger partial charge in [0.25, 0.3) is 21.6 Å². The number of nitrogens with zero attached hydrogens (tertiary/aromatic N) is 3. The predicted octanol–water partition coefficient (Wildman–Crippen LogP) is 3.43. The first-order valence-electron chi connectivity index (χ1n) is 9.99. The van der Waals surface area contributed by atoms with E-state index in [0.717, 1.165) is 10.4 Å². The van der Waals surface area contributed by atoms with Gasteiger partial charge in [-0.25, -0.2) is 13.8 Å². The molecule has 0 saturated carbocycles. The Bertz CT molecular complexity index is 1410. The number of fused-ring (bicyclic) bond motifs is 1. The molecular weight excluding hydrogens is 544 g/mol. The van der Waals surface area contributed by atoms with Crippen molar-refractivity contribution in [3.8, 4) is 11.5 Å². The highest BCUT2D eigenvalue weighted by Gasteiger charge is 2.28. The van der Waals surface area contributed by atoms with Crippen molar-refractivity contribution in [3.05, 3.63) is 86.9 Å². The van der Waals surface area contributed by atoms with E-state index in [1.807, 2.05) is 0 Å². The SMILES string of the molecule is O=C(CN(c1cccc([N+](=O)[O-])c1)S(=O)(=O)c1ccccc1)N/N=C/c1cc2c(cc1Br)OCO2. The number of nitrogens with one attached hydrogen (secondary N) is 1. The molecule has 35 heavy (non-hydrogen) atoms. The molecule has 0 radical (unpaired) electrons. The fourth-order valence-electron chi connectivity index (χ4n) is 3.17. The van der Waals surface area contributed by atoms with E-state index in [1.165, 1.54) is 48.7 Å². The van der Waals surface area contributed by atoms with E-state index in [0.29, 0.717) is 21.5 Å². The van der Waals surface area contributed by atoms with Crippen LogP contribution in [0.1, 0.15) is 5.56 Å². The molecular formula is C22H17BrN4O7S. The summed E-state index contributed by atoms with van der Waals surface area (Å²) in [5, 5.41) is 15.1.